The number of benzene rings is 2. The Kier molecular flexibility index (Phi) is 4.91. The van der Waals surface area contributed by atoms with Crippen LogP contribution in [0.15, 0.2) is 41.2 Å². The van der Waals surface area contributed by atoms with Crippen molar-refractivity contribution in [3.63, 3.8) is 0 Å². The summed E-state index contributed by atoms with van der Waals surface area (Å²) in [6.07, 6.45) is 0. The maximum Gasteiger partial charge on any atom is 0.197 e. The Morgan fingerprint density at radius 2 is 1.96 bits per heavy atom. The summed E-state index contributed by atoms with van der Waals surface area (Å²) in [6, 6.07) is 11.4. The number of hydrogen-bond donors (Lipinski definition) is 3. The highest BCUT2D eigenvalue weighted by atomic mass is 32.1. The first-order chi connectivity index (χ1) is 11.3. The van der Waals surface area contributed by atoms with Crippen molar-refractivity contribution in [1.82, 2.24) is 5.32 Å². The lowest BCUT2D eigenvalue weighted by atomic mass is 10.1. The molecule has 0 aliphatic rings. The maximum absolute atomic E-state index is 12.9. The first-order valence-electron chi connectivity index (χ1n) is 7.79. The summed E-state index contributed by atoms with van der Waals surface area (Å²) < 4.78 is 1.81. The van der Waals surface area contributed by atoms with Crippen molar-refractivity contribution >= 4 is 37.2 Å². The molecule has 3 rings (SSSR count). The number of likely N-dealkylation sites (N-methyl/N-ethyl adjacent to an activating group) is 1. The molecule has 0 spiro atoms. The molecule has 1 heterocycles. The molecule has 3 N–H and O–H groups in total. The monoisotopic (exact) mass is 328 g/mol. The van der Waals surface area contributed by atoms with E-state index in [0.29, 0.717) is 5.39 Å². The SMILES string of the molecule is CCNCCNc1ccc(CO)c2sc3ccccc3c(=O)c12. The number of aliphatic hydroxyl groups is 1. The number of nitrogens with one attached hydrogen (secondary N) is 2. The van der Waals surface area contributed by atoms with Crippen molar-refractivity contribution in [3.8, 4) is 0 Å². The third-order valence-corrected chi connectivity index (χ3v) is 5.09. The predicted molar refractivity (Wildman–Crippen MR) is 98.6 cm³/mol. The molecule has 0 aliphatic heterocycles. The topological polar surface area (TPSA) is 61.4 Å². The quantitative estimate of drug-likeness (QED) is 0.481. The predicted octanol–water partition coefficient (Wildman–Crippen LogP) is 2.93. The molecule has 120 valence electrons. The Morgan fingerprint density at radius 3 is 2.74 bits per heavy atom. The van der Waals surface area contributed by atoms with Crippen LogP contribution in [-0.2, 0) is 6.61 Å². The minimum absolute atomic E-state index is 0.0237. The maximum atomic E-state index is 12.9. The van der Waals surface area contributed by atoms with Crippen molar-refractivity contribution in [3.05, 3.63) is 52.2 Å². The summed E-state index contributed by atoms with van der Waals surface area (Å²) in [4.78, 5) is 12.9. The van der Waals surface area contributed by atoms with Gasteiger partial charge in [-0.15, -0.1) is 11.3 Å². The van der Waals surface area contributed by atoms with Crippen molar-refractivity contribution < 1.29 is 5.11 Å². The van der Waals surface area contributed by atoms with Gasteiger partial charge >= 0.3 is 0 Å². The van der Waals surface area contributed by atoms with E-state index in [0.717, 1.165) is 45.7 Å². The first kappa shape index (κ1) is 15.9. The van der Waals surface area contributed by atoms with Crippen LogP contribution in [-0.4, -0.2) is 24.7 Å². The zero-order valence-electron chi connectivity index (χ0n) is 13.1. The molecule has 1 aromatic heterocycles. The van der Waals surface area contributed by atoms with Gasteiger partial charge in [-0.2, -0.15) is 0 Å². The molecule has 0 saturated carbocycles. The van der Waals surface area contributed by atoms with Gasteiger partial charge in [0.15, 0.2) is 5.43 Å². The molecular weight excluding hydrogens is 308 g/mol. The van der Waals surface area contributed by atoms with Gasteiger partial charge in [0, 0.05) is 33.6 Å². The van der Waals surface area contributed by atoms with Gasteiger partial charge < -0.3 is 15.7 Å². The van der Waals surface area contributed by atoms with E-state index in [1.54, 1.807) is 11.3 Å². The highest BCUT2D eigenvalue weighted by Gasteiger charge is 2.13. The van der Waals surface area contributed by atoms with Crippen molar-refractivity contribution in [1.29, 1.82) is 0 Å². The Labute approximate surface area is 138 Å². The van der Waals surface area contributed by atoms with Gasteiger partial charge in [-0.05, 0) is 30.3 Å². The van der Waals surface area contributed by atoms with Crippen LogP contribution < -0.4 is 16.1 Å². The summed E-state index contributed by atoms with van der Waals surface area (Å²) in [7, 11) is 0. The van der Waals surface area contributed by atoms with Crippen molar-refractivity contribution in [2.75, 3.05) is 25.0 Å². The molecule has 4 nitrogen and oxygen atoms in total. The van der Waals surface area contributed by atoms with Crippen LogP contribution in [0.2, 0.25) is 0 Å². The fourth-order valence-electron chi connectivity index (χ4n) is 2.69. The van der Waals surface area contributed by atoms with E-state index in [1.807, 2.05) is 36.4 Å². The summed E-state index contributed by atoms with van der Waals surface area (Å²) in [5, 5.41) is 17.6. The van der Waals surface area contributed by atoms with Crippen LogP contribution in [0.1, 0.15) is 12.5 Å². The van der Waals surface area contributed by atoms with Gasteiger partial charge in [-0.25, -0.2) is 0 Å². The highest BCUT2D eigenvalue weighted by molar-refractivity contribution is 7.24. The molecule has 0 bridgehead atoms. The number of rotatable bonds is 6. The molecule has 0 amide bonds. The van der Waals surface area contributed by atoms with Gasteiger partial charge in [0.05, 0.1) is 12.0 Å². The average Bonchev–Trinajstić information content (AvgIpc) is 2.59. The van der Waals surface area contributed by atoms with E-state index >= 15 is 0 Å². The van der Waals surface area contributed by atoms with Crippen LogP contribution in [0.5, 0.6) is 0 Å². The Hall–Kier alpha value is -1.95. The van der Waals surface area contributed by atoms with Gasteiger partial charge in [-0.3, -0.25) is 4.79 Å². The molecule has 5 heteroatoms. The van der Waals surface area contributed by atoms with Crippen LogP contribution in [0.4, 0.5) is 5.69 Å². The highest BCUT2D eigenvalue weighted by Crippen LogP contribution is 2.31. The third kappa shape index (κ3) is 3.08. The molecule has 2 aromatic carbocycles. The first-order valence-corrected chi connectivity index (χ1v) is 8.60. The Balaban J connectivity index is 2.17. The standard InChI is InChI=1S/C18H20N2O2S/c1-2-19-9-10-20-14-8-7-12(11-21)18-16(14)17(22)13-5-3-4-6-15(13)23-18/h3-8,19-21H,2,9-11H2,1H3. The zero-order chi connectivity index (χ0) is 16.2. The molecule has 0 atom stereocenters. The summed E-state index contributed by atoms with van der Waals surface area (Å²) in [6.45, 7) is 4.51. The molecule has 0 aliphatic carbocycles. The largest absolute Gasteiger partial charge is 0.392 e. The number of hydrogen-bond acceptors (Lipinski definition) is 5. The summed E-state index contributed by atoms with van der Waals surface area (Å²) in [5.74, 6) is 0. The Bertz CT molecular complexity index is 889. The Morgan fingerprint density at radius 1 is 1.13 bits per heavy atom. The molecule has 0 radical (unpaired) electrons. The lowest BCUT2D eigenvalue weighted by Crippen LogP contribution is -2.22. The molecule has 0 saturated heterocycles. The average molecular weight is 328 g/mol. The number of anilines is 1. The van der Waals surface area contributed by atoms with Crippen LogP contribution in [0.25, 0.3) is 20.2 Å². The van der Waals surface area contributed by atoms with E-state index in [-0.39, 0.29) is 12.0 Å². The van der Waals surface area contributed by atoms with Crippen LogP contribution in [0.3, 0.4) is 0 Å². The summed E-state index contributed by atoms with van der Waals surface area (Å²) in [5.41, 5.74) is 1.66. The zero-order valence-corrected chi connectivity index (χ0v) is 13.9. The smallest absolute Gasteiger partial charge is 0.197 e. The number of aliphatic hydroxyl groups excluding tert-OH is 1. The molecule has 3 aromatic rings. The molecule has 23 heavy (non-hydrogen) atoms. The second kappa shape index (κ2) is 7.08. The second-order valence-electron chi connectivity index (χ2n) is 5.34. The van der Waals surface area contributed by atoms with Gasteiger partial charge in [-0.1, -0.05) is 25.1 Å². The minimum Gasteiger partial charge on any atom is -0.392 e. The van der Waals surface area contributed by atoms with E-state index in [1.165, 1.54) is 0 Å². The lowest BCUT2D eigenvalue weighted by Gasteiger charge is -2.12. The third-order valence-electron chi connectivity index (χ3n) is 3.85. The van der Waals surface area contributed by atoms with E-state index < -0.39 is 0 Å². The molecule has 0 fully saturated rings. The second-order valence-corrected chi connectivity index (χ2v) is 6.39. The van der Waals surface area contributed by atoms with E-state index in [9.17, 15) is 9.90 Å². The van der Waals surface area contributed by atoms with E-state index in [2.05, 4.69) is 17.6 Å². The molecule has 0 unspecified atom stereocenters. The minimum atomic E-state index is -0.0670. The number of fused-ring (bicyclic) bond motifs is 2. The normalized spacial score (nSPS) is 11.2. The van der Waals surface area contributed by atoms with Gasteiger partial charge in [0.25, 0.3) is 0 Å². The van der Waals surface area contributed by atoms with Gasteiger partial charge in [0.1, 0.15) is 0 Å². The van der Waals surface area contributed by atoms with Crippen LogP contribution >= 0.6 is 11.3 Å². The van der Waals surface area contributed by atoms with E-state index in [4.69, 9.17) is 0 Å². The van der Waals surface area contributed by atoms with Gasteiger partial charge in [0.2, 0.25) is 0 Å². The fourth-order valence-corrected chi connectivity index (χ4v) is 3.90. The lowest BCUT2D eigenvalue weighted by molar-refractivity contribution is 0.283. The van der Waals surface area contributed by atoms with Crippen molar-refractivity contribution in [2.24, 2.45) is 0 Å². The van der Waals surface area contributed by atoms with Crippen LogP contribution in [0, 0.1) is 0 Å². The fraction of sp³-hybridized carbons (Fsp3) is 0.278. The van der Waals surface area contributed by atoms with Crippen molar-refractivity contribution in [2.45, 2.75) is 13.5 Å². The summed E-state index contributed by atoms with van der Waals surface area (Å²) >= 11 is 1.56. The molecular formula is C18H20N2O2S.